The number of hydrogen-bond donors (Lipinski definition) is 3. The molecular weight excluding hydrogens is 256 g/mol. The number of carbonyl (C=O) groups excluding carboxylic acids is 1. The monoisotopic (exact) mass is 271 g/mol. The summed E-state index contributed by atoms with van der Waals surface area (Å²) in [6, 6.07) is 4.10. The van der Waals surface area contributed by atoms with Gasteiger partial charge in [0.25, 0.3) is 0 Å². The SMILES string of the molecule is Nc1ccc(O)c(C(=O)OCCCCO[N+](=O)O)c1. The van der Waals surface area contributed by atoms with E-state index in [1.807, 2.05) is 0 Å². The molecular formula is C11H15N2O6+. The van der Waals surface area contributed by atoms with Crippen molar-refractivity contribution in [1.29, 1.82) is 0 Å². The number of nitrogens with zero attached hydrogens (tertiary/aromatic N) is 1. The standard InChI is InChI=1S/C11H14N2O6/c12-8-3-4-10(14)9(7-8)11(15)18-5-1-2-6-19-13(16)17/h3-4,7H,1-2,5-6,12H2,(H-,14,15,16,17)/p+1. The molecule has 0 spiro atoms. The summed E-state index contributed by atoms with van der Waals surface area (Å²) >= 11 is 0. The highest BCUT2D eigenvalue weighted by Crippen LogP contribution is 2.20. The molecule has 0 unspecified atom stereocenters. The van der Waals surface area contributed by atoms with Gasteiger partial charge in [0.15, 0.2) is 6.61 Å². The number of nitrogens with two attached hydrogens (primary N) is 1. The van der Waals surface area contributed by atoms with E-state index in [9.17, 15) is 14.8 Å². The minimum atomic E-state index is -0.682. The molecule has 104 valence electrons. The van der Waals surface area contributed by atoms with Crippen molar-refractivity contribution in [1.82, 2.24) is 0 Å². The smallest absolute Gasteiger partial charge is 0.475 e. The summed E-state index contributed by atoms with van der Waals surface area (Å²) in [6.45, 7) is 0.113. The number of nitrogen functional groups attached to an aromatic ring is 1. The molecule has 0 radical (unpaired) electrons. The van der Waals surface area contributed by atoms with Crippen molar-refractivity contribution in [2.75, 3.05) is 18.9 Å². The van der Waals surface area contributed by atoms with Crippen LogP contribution in [-0.4, -0.2) is 34.6 Å². The Labute approximate surface area is 108 Å². The van der Waals surface area contributed by atoms with E-state index >= 15 is 0 Å². The molecule has 0 fully saturated rings. The molecule has 0 aliphatic rings. The molecule has 0 aliphatic heterocycles. The van der Waals surface area contributed by atoms with Crippen LogP contribution in [0.25, 0.3) is 0 Å². The van der Waals surface area contributed by atoms with Gasteiger partial charge in [0.05, 0.1) is 6.61 Å². The lowest BCUT2D eigenvalue weighted by Gasteiger charge is -2.06. The van der Waals surface area contributed by atoms with Crippen LogP contribution >= 0.6 is 0 Å². The number of anilines is 1. The van der Waals surface area contributed by atoms with Crippen molar-refractivity contribution in [3.8, 4) is 5.75 Å². The lowest BCUT2D eigenvalue weighted by atomic mass is 10.2. The Morgan fingerprint density at radius 3 is 2.68 bits per heavy atom. The molecule has 0 saturated heterocycles. The molecule has 0 bridgehead atoms. The summed E-state index contributed by atoms with van der Waals surface area (Å²) in [6.07, 6.45) is 0.873. The van der Waals surface area contributed by atoms with Crippen molar-refractivity contribution in [3.05, 3.63) is 28.7 Å². The van der Waals surface area contributed by atoms with Gasteiger partial charge in [-0.3, -0.25) is 0 Å². The molecule has 0 heterocycles. The van der Waals surface area contributed by atoms with Crippen LogP contribution in [0.4, 0.5) is 5.69 Å². The molecule has 0 saturated carbocycles. The van der Waals surface area contributed by atoms with Crippen LogP contribution in [0.15, 0.2) is 18.2 Å². The third kappa shape index (κ3) is 5.11. The van der Waals surface area contributed by atoms with Crippen molar-refractivity contribution in [2.24, 2.45) is 0 Å². The Balaban J connectivity index is 2.31. The molecule has 8 nitrogen and oxygen atoms in total. The van der Waals surface area contributed by atoms with E-state index in [2.05, 4.69) is 4.84 Å². The van der Waals surface area contributed by atoms with Crippen molar-refractivity contribution in [3.63, 3.8) is 0 Å². The summed E-state index contributed by atoms with van der Waals surface area (Å²) < 4.78 is 4.91. The van der Waals surface area contributed by atoms with Crippen LogP contribution in [0.1, 0.15) is 23.2 Å². The van der Waals surface area contributed by atoms with Crippen LogP contribution in [0.2, 0.25) is 0 Å². The largest absolute Gasteiger partial charge is 0.507 e. The molecule has 0 aliphatic carbocycles. The fourth-order valence-corrected chi connectivity index (χ4v) is 1.31. The second-order valence-corrected chi connectivity index (χ2v) is 3.69. The molecule has 1 aromatic carbocycles. The van der Waals surface area contributed by atoms with Crippen molar-refractivity contribution < 1.29 is 29.8 Å². The Morgan fingerprint density at radius 2 is 2.00 bits per heavy atom. The first-order chi connectivity index (χ1) is 9.00. The Morgan fingerprint density at radius 1 is 1.32 bits per heavy atom. The third-order valence-corrected chi connectivity index (χ3v) is 2.21. The number of unbranched alkanes of at least 4 members (excludes halogenated alkanes) is 1. The van der Waals surface area contributed by atoms with Gasteiger partial charge in [0.2, 0.25) is 0 Å². The number of ether oxygens (including phenoxy) is 1. The summed E-state index contributed by atoms with van der Waals surface area (Å²) in [4.78, 5) is 25.8. The molecule has 4 N–H and O–H groups in total. The van der Waals surface area contributed by atoms with Crippen LogP contribution in [0.3, 0.4) is 0 Å². The zero-order chi connectivity index (χ0) is 14.3. The second-order valence-electron chi connectivity index (χ2n) is 3.69. The van der Waals surface area contributed by atoms with E-state index in [1.54, 1.807) is 0 Å². The van der Waals surface area contributed by atoms with Crippen LogP contribution in [0, 0.1) is 4.91 Å². The maximum atomic E-state index is 11.6. The average molecular weight is 271 g/mol. The van der Waals surface area contributed by atoms with Crippen molar-refractivity contribution >= 4 is 11.7 Å². The average Bonchev–Trinajstić information content (AvgIpc) is 2.36. The maximum absolute atomic E-state index is 11.6. The quantitative estimate of drug-likeness (QED) is 0.222. The fourth-order valence-electron chi connectivity index (χ4n) is 1.31. The third-order valence-electron chi connectivity index (χ3n) is 2.21. The first-order valence-corrected chi connectivity index (χ1v) is 5.55. The first-order valence-electron chi connectivity index (χ1n) is 5.55. The van der Waals surface area contributed by atoms with Gasteiger partial charge in [0, 0.05) is 5.69 Å². The van der Waals surface area contributed by atoms with Gasteiger partial charge in [-0.1, -0.05) is 0 Å². The lowest BCUT2D eigenvalue weighted by molar-refractivity contribution is -0.975. The molecule has 0 aromatic heterocycles. The number of hydrogen-bond acceptors (Lipinski definition) is 6. The predicted molar refractivity (Wildman–Crippen MR) is 63.4 cm³/mol. The number of benzene rings is 1. The minimum absolute atomic E-state index is 0.00246. The zero-order valence-corrected chi connectivity index (χ0v) is 10.1. The number of esters is 1. The molecule has 1 rings (SSSR count). The lowest BCUT2D eigenvalue weighted by Crippen LogP contribution is -2.09. The van der Waals surface area contributed by atoms with E-state index < -0.39 is 11.1 Å². The topological polar surface area (TPSA) is 122 Å². The summed E-state index contributed by atoms with van der Waals surface area (Å²) in [5.74, 6) is -0.886. The summed E-state index contributed by atoms with van der Waals surface area (Å²) in [7, 11) is 0. The molecule has 0 amide bonds. The predicted octanol–water partition coefficient (Wildman–Crippen LogP) is 1.01. The van der Waals surface area contributed by atoms with Gasteiger partial charge in [-0.2, -0.15) is 4.84 Å². The molecule has 1 aromatic rings. The van der Waals surface area contributed by atoms with Gasteiger partial charge in [-0.25, -0.2) is 10.0 Å². The number of rotatable bonds is 7. The van der Waals surface area contributed by atoms with Crippen LogP contribution in [-0.2, 0) is 9.57 Å². The van der Waals surface area contributed by atoms with E-state index in [1.165, 1.54) is 18.2 Å². The molecule has 19 heavy (non-hydrogen) atoms. The summed E-state index contributed by atoms with van der Waals surface area (Å²) in [5, 5.41) is 17.0. The van der Waals surface area contributed by atoms with Gasteiger partial charge < -0.3 is 15.6 Å². The minimum Gasteiger partial charge on any atom is -0.507 e. The van der Waals surface area contributed by atoms with Crippen LogP contribution in [0.5, 0.6) is 5.75 Å². The zero-order valence-electron chi connectivity index (χ0n) is 10.1. The van der Waals surface area contributed by atoms with E-state index in [-0.39, 0.29) is 24.5 Å². The van der Waals surface area contributed by atoms with Gasteiger partial charge in [0.1, 0.15) is 16.2 Å². The van der Waals surface area contributed by atoms with Gasteiger partial charge in [-0.05, 0) is 31.0 Å². The Kier molecular flexibility index (Phi) is 5.39. The highest BCUT2D eigenvalue weighted by atomic mass is 16.9. The number of aromatic hydroxyl groups is 1. The van der Waals surface area contributed by atoms with E-state index in [4.69, 9.17) is 15.7 Å². The number of phenols is 1. The Bertz CT molecular complexity index is 462. The Hall–Kier alpha value is -2.51. The molecule has 0 atom stereocenters. The van der Waals surface area contributed by atoms with Crippen molar-refractivity contribution in [2.45, 2.75) is 12.8 Å². The fraction of sp³-hybridized carbons (Fsp3) is 0.364. The maximum Gasteiger partial charge on any atom is 0.475 e. The van der Waals surface area contributed by atoms with Crippen LogP contribution < -0.4 is 5.73 Å². The number of phenolic OH excluding ortho intramolecular Hbond substituents is 1. The first kappa shape index (κ1) is 14.6. The van der Waals surface area contributed by atoms with Gasteiger partial charge in [-0.15, -0.1) is 0 Å². The molecule has 8 heteroatoms. The summed E-state index contributed by atoms with van der Waals surface area (Å²) in [5.41, 5.74) is 5.84. The highest BCUT2D eigenvalue weighted by molar-refractivity contribution is 5.93. The highest BCUT2D eigenvalue weighted by Gasteiger charge is 2.13. The van der Waals surface area contributed by atoms with E-state index in [0.717, 1.165) is 0 Å². The van der Waals surface area contributed by atoms with Gasteiger partial charge >= 0.3 is 11.1 Å². The number of carbonyl (C=O) groups is 1. The second kappa shape index (κ2) is 7.04. The normalized spacial score (nSPS) is 9.89. The van der Waals surface area contributed by atoms with E-state index in [0.29, 0.717) is 18.5 Å².